The van der Waals surface area contributed by atoms with Gasteiger partial charge in [0.25, 0.3) is 0 Å². The lowest BCUT2D eigenvalue weighted by Crippen LogP contribution is -2.12. The zero-order chi connectivity index (χ0) is 7.49. The molecule has 0 bridgehead atoms. The van der Waals surface area contributed by atoms with Crippen molar-refractivity contribution in [3.8, 4) is 0 Å². The Kier molecular flexibility index (Phi) is 3.28. The van der Waals surface area contributed by atoms with Crippen molar-refractivity contribution in [3.05, 3.63) is 0 Å². The van der Waals surface area contributed by atoms with Crippen molar-refractivity contribution in [2.24, 2.45) is 0 Å². The van der Waals surface area contributed by atoms with Gasteiger partial charge in [-0.25, -0.2) is 0 Å². The van der Waals surface area contributed by atoms with Crippen molar-refractivity contribution in [1.29, 1.82) is 0 Å². The van der Waals surface area contributed by atoms with Crippen LogP contribution in [0.15, 0.2) is 0 Å². The summed E-state index contributed by atoms with van der Waals surface area (Å²) >= 11 is 4.27. The maximum absolute atomic E-state index is 10.5. The summed E-state index contributed by atoms with van der Waals surface area (Å²) in [4.78, 5) is 9.95. The van der Waals surface area contributed by atoms with Crippen LogP contribution in [0.25, 0.3) is 0 Å². The van der Waals surface area contributed by atoms with Crippen LogP contribution in [0.1, 0.15) is 0 Å². The molecule has 0 fully saturated rings. The van der Waals surface area contributed by atoms with Gasteiger partial charge in [0, 0.05) is 7.11 Å². The van der Waals surface area contributed by atoms with Crippen molar-refractivity contribution in [1.82, 2.24) is 0 Å². The van der Waals surface area contributed by atoms with E-state index < -0.39 is 12.4 Å². The number of thiocarbonyl (C=S) groups is 1. The molecule has 0 heterocycles. The third-order valence-corrected chi connectivity index (χ3v) is 2.59. The van der Waals surface area contributed by atoms with E-state index >= 15 is 0 Å². The first-order valence-corrected chi connectivity index (χ1v) is 3.95. The van der Waals surface area contributed by atoms with Crippen LogP contribution in [0.3, 0.4) is 0 Å². The number of hydrogen-bond acceptors (Lipinski definition) is 5. The summed E-state index contributed by atoms with van der Waals surface area (Å²) in [6.45, 7) is 0. The molecular weight excluding hydrogens is 163 g/mol. The Morgan fingerprint density at radius 1 is 1.67 bits per heavy atom. The summed E-state index contributed by atoms with van der Waals surface area (Å²) in [6, 6.07) is 0. The summed E-state index contributed by atoms with van der Waals surface area (Å²) in [6.07, 6.45) is 0. The predicted molar refractivity (Wildman–Crippen MR) is 34.2 cm³/mol. The van der Waals surface area contributed by atoms with Gasteiger partial charge in [-0.1, -0.05) is 0 Å². The Morgan fingerprint density at radius 2 is 2.11 bits per heavy atom. The van der Waals surface area contributed by atoms with Crippen LogP contribution < -0.4 is 4.89 Å². The van der Waals surface area contributed by atoms with E-state index in [9.17, 15) is 9.46 Å². The van der Waals surface area contributed by atoms with E-state index in [2.05, 4.69) is 21.5 Å². The average Bonchev–Trinajstić information content (AvgIpc) is 1.86. The second-order valence-electron chi connectivity index (χ2n) is 1.15. The van der Waals surface area contributed by atoms with Gasteiger partial charge in [0.05, 0.1) is 7.11 Å². The molecule has 0 rings (SSSR count). The summed E-state index contributed by atoms with van der Waals surface area (Å²) < 4.78 is 18.7. The zero-order valence-corrected chi connectivity index (χ0v) is 6.70. The highest BCUT2D eigenvalue weighted by molar-refractivity contribution is 7.96. The Hall–Kier alpha value is 0.0400. The minimum Gasteiger partial charge on any atom is -0.772 e. The lowest BCUT2D eigenvalue weighted by Gasteiger charge is -2.19. The van der Waals surface area contributed by atoms with Gasteiger partial charge in [0.1, 0.15) is 0 Å². The third kappa shape index (κ3) is 2.41. The summed E-state index contributed by atoms with van der Waals surface area (Å²) in [5.74, 6) is 0. The van der Waals surface area contributed by atoms with Crippen LogP contribution in [-0.4, -0.2) is 19.0 Å². The summed E-state index contributed by atoms with van der Waals surface area (Å²) in [7, 11) is -1.81. The minimum atomic E-state index is -4.01. The maximum atomic E-state index is 10.5. The highest BCUT2D eigenvalue weighted by Gasteiger charge is 2.12. The van der Waals surface area contributed by atoms with Crippen molar-refractivity contribution in [2.45, 2.75) is 0 Å². The van der Waals surface area contributed by atoms with Crippen molar-refractivity contribution in [3.63, 3.8) is 0 Å². The Bertz CT molecular complexity index is 156. The maximum Gasteiger partial charge on any atom is 0.233 e. The first kappa shape index (κ1) is 9.04. The monoisotopic (exact) mass is 169 g/mol. The highest BCUT2D eigenvalue weighted by atomic mass is 32.1. The van der Waals surface area contributed by atoms with Gasteiger partial charge in [-0.15, -0.1) is 0 Å². The molecule has 9 heavy (non-hydrogen) atoms. The van der Waals surface area contributed by atoms with E-state index in [4.69, 9.17) is 0 Å². The van der Waals surface area contributed by atoms with Crippen molar-refractivity contribution < 1.29 is 18.7 Å². The first-order valence-electron chi connectivity index (χ1n) is 2.00. The van der Waals surface area contributed by atoms with E-state index in [1.54, 1.807) is 0 Å². The number of methoxy groups -OCH3 is 1. The van der Waals surface area contributed by atoms with E-state index in [0.717, 1.165) is 7.11 Å². The van der Waals surface area contributed by atoms with Crippen LogP contribution in [0.2, 0.25) is 0 Å². The number of rotatable bonds is 2. The minimum absolute atomic E-state index is 0.523. The zero-order valence-electron chi connectivity index (χ0n) is 4.99. The molecular formula is C3H6O4PS-. The van der Waals surface area contributed by atoms with Gasteiger partial charge < -0.3 is 14.2 Å². The molecule has 6 heteroatoms. The molecule has 0 aromatic carbocycles. The largest absolute Gasteiger partial charge is 0.772 e. The second kappa shape index (κ2) is 3.27. The Balaban J connectivity index is 4.16. The molecule has 0 aliphatic heterocycles. The molecule has 1 unspecified atom stereocenters. The average molecular weight is 169 g/mol. The normalized spacial score (nSPS) is 16.3. The Labute approximate surface area is 58.3 Å². The highest BCUT2D eigenvalue weighted by Crippen LogP contribution is 2.37. The molecule has 0 aliphatic carbocycles. The molecule has 0 aromatic rings. The lowest BCUT2D eigenvalue weighted by molar-refractivity contribution is -0.191. The van der Waals surface area contributed by atoms with E-state index in [0.29, 0.717) is 0 Å². The fraction of sp³-hybridized carbons (Fsp3) is 0.667. The van der Waals surface area contributed by atoms with Crippen LogP contribution in [0, 0.1) is 0 Å². The quantitative estimate of drug-likeness (QED) is 0.434. The molecule has 0 saturated carbocycles. The molecule has 0 N–H and O–H groups in total. The smallest absolute Gasteiger partial charge is 0.233 e. The van der Waals surface area contributed by atoms with Crippen LogP contribution in [-0.2, 0) is 13.8 Å². The number of ether oxygens (including phenoxy) is 1. The fourth-order valence-electron chi connectivity index (χ4n) is 0.186. The third-order valence-electron chi connectivity index (χ3n) is 0.639. The van der Waals surface area contributed by atoms with E-state index in [-0.39, 0.29) is 0 Å². The molecule has 0 spiro atoms. The second-order valence-corrected chi connectivity index (χ2v) is 3.59. The fourth-order valence-corrected chi connectivity index (χ4v) is 0.783. The molecule has 0 amide bonds. The summed E-state index contributed by atoms with van der Waals surface area (Å²) in [5, 5.41) is 0. The molecule has 4 nitrogen and oxygen atoms in total. The molecule has 0 saturated heterocycles. The SMILES string of the molecule is COC(=S)P(=O)([O-])OC. The van der Waals surface area contributed by atoms with Crippen molar-refractivity contribution in [2.75, 3.05) is 14.2 Å². The van der Waals surface area contributed by atoms with Gasteiger partial charge in [-0.3, -0.25) is 4.57 Å². The lowest BCUT2D eigenvalue weighted by atomic mass is 11.5. The van der Waals surface area contributed by atoms with Crippen LogP contribution in [0.4, 0.5) is 0 Å². The van der Waals surface area contributed by atoms with Gasteiger partial charge in [-0.2, -0.15) is 0 Å². The van der Waals surface area contributed by atoms with Gasteiger partial charge >= 0.3 is 0 Å². The summed E-state index contributed by atoms with van der Waals surface area (Å²) in [5.41, 5.74) is 0. The molecule has 0 radical (unpaired) electrons. The van der Waals surface area contributed by atoms with Gasteiger partial charge in [0.2, 0.25) is 12.4 Å². The molecule has 54 valence electrons. The van der Waals surface area contributed by atoms with E-state index in [1.807, 2.05) is 0 Å². The topological polar surface area (TPSA) is 58.6 Å². The first-order chi connectivity index (χ1) is 4.04. The van der Waals surface area contributed by atoms with Crippen molar-refractivity contribution >= 4 is 24.6 Å². The van der Waals surface area contributed by atoms with E-state index in [1.165, 1.54) is 7.11 Å². The molecule has 1 atom stereocenters. The standard InChI is InChI=1S/C3H7O4PS/c1-6-3(9)8(4,5)7-2/h1-2H3,(H,4,5)/p-1. The molecule has 0 aliphatic rings. The van der Waals surface area contributed by atoms with Gasteiger partial charge in [-0.05, 0) is 12.2 Å². The predicted octanol–water partition coefficient (Wildman–Crippen LogP) is 0.117. The molecule has 0 aromatic heterocycles. The van der Waals surface area contributed by atoms with Gasteiger partial charge in [0.15, 0.2) is 0 Å². The van der Waals surface area contributed by atoms with Crippen LogP contribution in [0.5, 0.6) is 0 Å². The number of hydrogen-bond donors (Lipinski definition) is 0. The van der Waals surface area contributed by atoms with Crippen LogP contribution >= 0.6 is 19.8 Å². The Morgan fingerprint density at radius 3 is 2.22 bits per heavy atom.